The molecule has 2 N–H and O–H groups in total. The molecule has 152 valence electrons. The fraction of sp³-hybridized carbons (Fsp3) is 0.381. The number of benzene rings is 1. The third-order valence-corrected chi connectivity index (χ3v) is 7.09. The molecular weight excluding hydrogens is 404 g/mol. The van der Waals surface area contributed by atoms with E-state index in [-0.39, 0.29) is 17.8 Å². The summed E-state index contributed by atoms with van der Waals surface area (Å²) in [6.07, 6.45) is 1.04. The molecule has 0 bridgehead atoms. The third kappa shape index (κ3) is 4.10. The highest BCUT2D eigenvalue weighted by Crippen LogP contribution is 2.39. The van der Waals surface area contributed by atoms with E-state index in [0.717, 1.165) is 22.3 Å². The second kappa shape index (κ2) is 8.30. The molecule has 29 heavy (non-hydrogen) atoms. The number of anilines is 2. The number of rotatable bonds is 5. The van der Waals surface area contributed by atoms with E-state index in [4.69, 9.17) is 10.5 Å². The summed E-state index contributed by atoms with van der Waals surface area (Å²) in [6.45, 7) is 4.94. The zero-order chi connectivity index (χ0) is 20.5. The zero-order valence-electron chi connectivity index (χ0n) is 16.7. The summed E-state index contributed by atoms with van der Waals surface area (Å²) in [5, 5.41) is 1.49. The van der Waals surface area contributed by atoms with Crippen molar-refractivity contribution < 1.29 is 9.53 Å². The van der Waals surface area contributed by atoms with E-state index in [1.165, 1.54) is 22.2 Å². The maximum atomic E-state index is 12.5. The molecule has 0 aliphatic carbocycles. The standard InChI is InChI=1S/C21H24N4O2S2/c1-12(2)15-9-14-16(10-27-15)29-20-18(14)19(22)23-21(24-20)28-11-17(26)25(3)13-7-5-4-6-8-13/h4-8,12,15H,9-11H2,1-3H3,(H2,22,23,24). The SMILES string of the molecule is CC(C)C1Cc2c(sc3nc(SCC(=O)N(C)c4ccccc4)nc(N)c23)CO1. The van der Waals surface area contributed by atoms with Crippen LogP contribution >= 0.6 is 23.1 Å². The van der Waals surface area contributed by atoms with Crippen molar-refractivity contribution in [3.63, 3.8) is 0 Å². The monoisotopic (exact) mass is 428 g/mol. The number of amides is 1. The van der Waals surface area contributed by atoms with Crippen LogP contribution in [0.3, 0.4) is 0 Å². The Labute approximate surface area is 178 Å². The van der Waals surface area contributed by atoms with Crippen molar-refractivity contribution in [3.8, 4) is 0 Å². The van der Waals surface area contributed by atoms with E-state index in [1.807, 2.05) is 30.3 Å². The van der Waals surface area contributed by atoms with Gasteiger partial charge in [0, 0.05) is 24.0 Å². The maximum Gasteiger partial charge on any atom is 0.237 e. The minimum absolute atomic E-state index is 0.0119. The first-order chi connectivity index (χ1) is 13.9. The number of para-hydroxylation sites is 1. The fourth-order valence-electron chi connectivity index (χ4n) is 3.40. The van der Waals surface area contributed by atoms with Crippen LogP contribution < -0.4 is 10.6 Å². The number of nitrogens with two attached hydrogens (primary N) is 1. The lowest BCUT2D eigenvalue weighted by Gasteiger charge is -2.26. The van der Waals surface area contributed by atoms with Crippen molar-refractivity contribution in [2.75, 3.05) is 23.4 Å². The molecule has 1 aromatic carbocycles. The smallest absolute Gasteiger partial charge is 0.237 e. The number of hydrogen-bond acceptors (Lipinski definition) is 7. The molecule has 3 heterocycles. The summed E-state index contributed by atoms with van der Waals surface area (Å²) in [5.41, 5.74) is 8.40. The van der Waals surface area contributed by atoms with Crippen molar-refractivity contribution in [1.82, 2.24) is 9.97 Å². The van der Waals surface area contributed by atoms with Gasteiger partial charge in [0.25, 0.3) is 0 Å². The summed E-state index contributed by atoms with van der Waals surface area (Å²) in [4.78, 5) is 25.4. The molecule has 0 spiro atoms. The van der Waals surface area contributed by atoms with E-state index in [2.05, 4.69) is 23.8 Å². The van der Waals surface area contributed by atoms with E-state index in [0.29, 0.717) is 23.5 Å². The first-order valence-electron chi connectivity index (χ1n) is 9.57. The summed E-state index contributed by atoms with van der Waals surface area (Å²) in [7, 11) is 1.77. The number of fused-ring (bicyclic) bond motifs is 3. The van der Waals surface area contributed by atoms with Crippen LogP contribution in [0.2, 0.25) is 0 Å². The van der Waals surface area contributed by atoms with Gasteiger partial charge in [-0.2, -0.15) is 0 Å². The Balaban J connectivity index is 1.52. The average molecular weight is 429 g/mol. The summed E-state index contributed by atoms with van der Waals surface area (Å²) < 4.78 is 5.98. The first-order valence-corrected chi connectivity index (χ1v) is 11.4. The summed E-state index contributed by atoms with van der Waals surface area (Å²) >= 11 is 2.93. The van der Waals surface area contributed by atoms with Gasteiger partial charge in [0.15, 0.2) is 5.16 Å². The Morgan fingerprint density at radius 1 is 1.34 bits per heavy atom. The molecule has 0 fully saturated rings. The number of carbonyl (C=O) groups excluding carboxylic acids is 1. The second-order valence-electron chi connectivity index (χ2n) is 7.45. The lowest BCUT2D eigenvalue weighted by molar-refractivity contribution is -0.115. The molecule has 2 aromatic heterocycles. The second-order valence-corrected chi connectivity index (χ2v) is 9.48. The number of ether oxygens (including phenoxy) is 1. The van der Waals surface area contributed by atoms with Crippen molar-refractivity contribution in [1.29, 1.82) is 0 Å². The summed E-state index contributed by atoms with van der Waals surface area (Å²) in [5.74, 6) is 1.17. The lowest BCUT2D eigenvalue weighted by Crippen LogP contribution is -2.27. The Morgan fingerprint density at radius 2 is 2.10 bits per heavy atom. The van der Waals surface area contributed by atoms with Crippen molar-refractivity contribution in [2.24, 2.45) is 5.92 Å². The van der Waals surface area contributed by atoms with Gasteiger partial charge >= 0.3 is 0 Å². The third-order valence-electron chi connectivity index (χ3n) is 5.16. The number of thiophene rings is 1. The molecule has 1 amide bonds. The predicted molar refractivity (Wildman–Crippen MR) is 120 cm³/mol. The van der Waals surface area contributed by atoms with Crippen LogP contribution in [0.1, 0.15) is 24.3 Å². The highest BCUT2D eigenvalue weighted by atomic mass is 32.2. The Morgan fingerprint density at radius 3 is 2.83 bits per heavy atom. The molecular formula is C21H24N4O2S2. The molecule has 1 aliphatic heterocycles. The van der Waals surface area contributed by atoms with Gasteiger partial charge in [-0.15, -0.1) is 11.3 Å². The Bertz CT molecular complexity index is 1040. The van der Waals surface area contributed by atoms with Crippen LogP contribution in [0.5, 0.6) is 0 Å². The van der Waals surface area contributed by atoms with Gasteiger partial charge in [0.2, 0.25) is 5.91 Å². The molecule has 6 nitrogen and oxygen atoms in total. The molecule has 3 aromatic rings. The van der Waals surface area contributed by atoms with Gasteiger partial charge < -0.3 is 15.4 Å². The highest BCUT2D eigenvalue weighted by molar-refractivity contribution is 7.99. The Hall–Kier alpha value is -2.16. The van der Waals surface area contributed by atoms with Crippen molar-refractivity contribution in [3.05, 3.63) is 40.8 Å². The molecule has 1 aliphatic rings. The van der Waals surface area contributed by atoms with Gasteiger partial charge in [-0.3, -0.25) is 4.79 Å². The fourth-order valence-corrected chi connectivity index (χ4v) is 5.35. The number of nitrogens with zero attached hydrogens (tertiary/aromatic N) is 3. The molecule has 0 saturated heterocycles. The highest BCUT2D eigenvalue weighted by Gasteiger charge is 2.27. The largest absolute Gasteiger partial charge is 0.383 e. The zero-order valence-corrected chi connectivity index (χ0v) is 18.3. The van der Waals surface area contributed by atoms with Crippen LogP contribution in [0, 0.1) is 5.92 Å². The van der Waals surface area contributed by atoms with E-state index in [1.54, 1.807) is 23.3 Å². The van der Waals surface area contributed by atoms with Crippen LogP contribution in [0.15, 0.2) is 35.5 Å². The molecule has 8 heteroatoms. The summed E-state index contributed by atoms with van der Waals surface area (Å²) in [6, 6.07) is 9.57. The molecule has 0 saturated carbocycles. The van der Waals surface area contributed by atoms with Crippen molar-refractivity contribution in [2.45, 2.75) is 38.1 Å². The number of aromatic nitrogens is 2. The molecule has 4 rings (SSSR count). The topological polar surface area (TPSA) is 81.3 Å². The minimum atomic E-state index is -0.0119. The van der Waals surface area contributed by atoms with Crippen LogP contribution in [0.25, 0.3) is 10.2 Å². The number of hydrogen-bond donors (Lipinski definition) is 1. The van der Waals surface area contributed by atoms with E-state index < -0.39 is 0 Å². The number of thioether (sulfide) groups is 1. The molecule has 1 unspecified atom stereocenters. The van der Waals surface area contributed by atoms with Crippen LogP contribution in [0.4, 0.5) is 11.5 Å². The van der Waals surface area contributed by atoms with Crippen LogP contribution in [-0.4, -0.2) is 34.8 Å². The van der Waals surface area contributed by atoms with E-state index in [9.17, 15) is 4.79 Å². The minimum Gasteiger partial charge on any atom is -0.383 e. The van der Waals surface area contributed by atoms with Gasteiger partial charge in [-0.05, 0) is 23.6 Å². The Kier molecular flexibility index (Phi) is 5.76. The number of nitrogen functional groups attached to an aromatic ring is 1. The predicted octanol–water partition coefficient (Wildman–Crippen LogP) is 4.13. The van der Waals surface area contributed by atoms with Gasteiger partial charge in [-0.25, -0.2) is 9.97 Å². The van der Waals surface area contributed by atoms with E-state index >= 15 is 0 Å². The first kappa shape index (κ1) is 20.1. The quantitative estimate of drug-likeness (QED) is 0.486. The molecule has 1 atom stereocenters. The van der Waals surface area contributed by atoms with Crippen molar-refractivity contribution >= 4 is 50.7 Å². The maximum absolute atomic E-state index is 12.5. The van der Waals surface area contributed by atoms with Gasteiger partial charge in [-0.1, -0.05) is 43.8 Å². The average Bonchev–Trinajstić information content (AvgIpc) is 3.10. The molecule has 0 radical (unpaired) electrons. The number of carbonyl (C=O) groups is 1. The van der Waals surface area contributed by atoms with Crippen LogP contribution in [-0.2, 0) is 22.6 Å². The lowest BCUT2D eigenvalue weighted by atomic mass is 9.96. The normalized spacial score (nSPS) is 16.2. The van der Waals surface area contributed by atoms with Gasteiger partial charge in [0.05, 0.1) is 23.8 Å². The van der Waals surface area contributed by atoms with Gasteiger partial charge in [0.1, 0.15) is 10.6 Å².